The van der Waals surface area contributed by atoms with Crippen molar-refractivity contribution < 1.29 is 14.2 Å². The number of imidazole rings is 1. The highest BCUT2D eigenvalue weighted by atomic mass is 16.5. The first kappa shape index (κ1) is 19.7. The molecule has 0 bridgehead atoms. The molecule has 1 aromatic heterocycles. The number of aromatic nitrogens is 2. The predicted molar refractivity (Wildman–Crippen MR) is 112 cm³/mol. The van der Waals surface area contributed by atoms with Crippen LogP contribution in [-0.2, 0) is 36.8 Å². The first-order valence-corrected chi connectivity index (χ1v) is 10.1. The van der Waals surface area contributed by atoms with E-state index < -0.39 is 0 Å². The van der Waals surface area contributed by atoms with Gasteiger partial charge in [0.15, 0.2) is 0 Å². The summed E-state index contributed by atoms with van der Waals surface area (Å²) in [6, 6.07) is 14.0. The van der Waals surface area contributed by atoms with E-state index in [1.807, 2.05) is 36.4 Å². The summed E-state index contributed by atoms with van der Waals surface area (Å²) in [6.07, 6.45) is 2.17. The third-order valence-electron chi connectivity index (χ3n) is 5.60. The molecule has 0 N–H and O–H groups in total. The highest BCUT2D eigenvalue weighted by molar-refractivity contribution is 5.76. The molecular weight excluding hydrogens is 368 g/mol. The molecule has 29 heavy (non-hydrogen) atoms. The van der Waals surface area contributed by atoms with Gasteiger partial charge in [-0.15, -0.1) is 0 Å². The maximum atomic E-state index is 12.1. The van der Waals surface area contributed by atoms with E-state index in [0.717, 1.165) is 60.6 Å². The Morgan fingerprint density at radius 2 is 1.72 bits per heavy atom. The molecule has 1 aliphatic rings. The Balaban J connectivity index is 1.35. The summed E-state index contributed by atoms with van der Waals surface area (Å²) in [5, 5.41) is 0. The number of benzene rings is 2. The molecule has 0 atom stereocenters. The molecule has 3 aromatic rings. The Labute approximate surface area is 170 Å². The van der Waals surface area contributed by atoms with Crippen LogP contribution in [0.2, 0.25) is 0 Å². The highest BCUT2D eigenvalue weighted by Gasteiger charge is 2.13. The predicted octanol–water partition coefficient (Wildman–Crippen LogP) is 3.40. The SMILES string of the molecule is Cn1c(=O)n(C)c2cc(COc3cccc(COCC4CCOCC4)c3)ccc21. The van der Waals surface area contributed by atoms with Crippen molar-refractivity contribution in [1.82, 2.24) is 9.13 Å². The van der Waals surface area contributed by atoms with Gasteiger partial charge in [-0.05, 0) is 54.2 Å². The molecule has 0 aliphatic carbocycles. The normalized spacial score (nSPS) is 15.1. The minimum Gasteiger partial charge on any atom is -0.489 e. The average molecular weight is 396 g/mol. The van der Waals surface area contributed by atoms with Crippen LogP contribution in [0.3, 0.4) is 0 Å². The van der Waals surface area contributed by atoms with Gasteiger partial charge in [-0.25, -0.2) is 4.79 Å². The summed E-state index contributed by atoms with van der Waals surface area (Å²) in [5.41, 5.74) is 3.95. The monoisotopic (exact) mass is 396 g/mol. The third kappa shape index (κ3) is 4.54. The molecule has 2 heterocycles. The molecule has 1 fully saturated rings. The summed E-state index contributed by atoms with van der Waals surface area (Å²) in [5.74, 6) is 1.42. The van der Waals surface area contributed by atoms with Crippen LogP contribution in [-0.4, -0.2) is 29.0 Å². The maximum absolute atomic E-state index is 12.1. The van der Waals surface area contributed by atoms with Crippen LogP contribution in [0.25, 0.3) is 11.0 Å². The van der Waals surface area contributed by atoms with E-state index in [2.05, 4.69) is 6.07 Å². The van der Waals surface area contributed by atoms with Gasteiger partial charge in [-0.3, -0.25) is 9.13 Å². The van der Waals surface area contributed by atoms with Crippen LogP contribution < -0.4 is 10.4 Å². The standard InChI is InChI=1S/C23H28N2O4/c1-24-21-7-6-19(13-22(21)25(2)23(24)26)16-29-20-5-3-4-18(12-20)15-28-14-17-8-10-27-11-9-17/h3-7,12-13,17H,8-11,14-16H2,1-2H3. The van der Waals surface area contributed by atoms with Crippen LogP contribution in [0.15, 0.2) is 47.3 Å². The molecule has 0 unspecified atom stereocenters. The molecule has 1 aliphatic heterocycles. The number of aryl methyl sites for hydroxylation is 2. The number of fused-ring (bicyclic) bond motifs is 1. The van der Waals surface area contributed by atoms with Crippen LogP contribution in [0.4, 0.5) is 0 Å². The van der Waals surface area contributed by atoms with Gasteiger partial charge >= 0.3 is 5.69 Å². The van der Waals surface area contributed by atoms with Gasteiger partial charge in [-0.1, -0.05) is 18.2 Å². The van der Waals surface area contributed by atoms with Gasteiger partial charge in [0.25, 0.3) is 0 Å². The minimum atomic E-state index is -0.0217. The summed E-state index contributed by atoms with van der Waals surface area (Å²) < 4.78 is 20.6. The molecule has 0 spiro atoms. The lowest BCUT2D eigenvalue weighted by Crippen LogP contribution is -2.20. The Hall–Kier alpha value is -2.57. The topological polar surface area (TPSA) is 54.6 Å². The van der Waals surface area contributed by atoms with Gasteiger partial charge in [-0.2, -0.15) is 0 Å². The van der Waals surface area contributed by atoms with Crippen molar-refractivity contribution in [3.05, 3.63) is 64.1 Å². The van der Waals surface area contributed by atoms with Crippen molar-refractivity contribution in [2.45, 2.75) is 26.1 Å². The lowest BCUT2D eigenvalue weighted by Gasteiger charge is -2.21. The smallest absolute Gasteiger partial charge is 0.328 e. The summed E-state index contributed by atoms with van der Waals surface area (Å²) in [4.78, 5) is 12.1. The molecule has 0 radical (unpaired) electrons. The molecule has 0 saturated carbocycles. The first-order chi connectivity index (χ1) is 14.1. The van der Waals surface area contributed by atoms with E-state index in [9.17, 15) is 4.79 Å². The summed E-state index contributed by atoms with van der Waals surface area (Å²) >= 11 is 0. The van der Waals surface area contributed by atoms with Gasteiger partial charge in [0.1, 0.15) is 12.4 Å². The fourth-order valence-electron chi connectivity index (χ4n) is 3.79. The molecule has 4 rings (SSSR count). The van der Waals surface area contributed by atoms with Crippen molar-refractivity contribution in [1.29, 1.82) is 0 Å². The zero-order valence-corrected chi connectivity index (χ0v) is 17.1. The van der Waals surface area contributed by atoms with Crippen molar-refractivity contribution in [3.63, 3.8) is 0 Å². The molecule has 1 saturated heterocycles. The fraction of sp³-hybridized carbons (Fsp3) is 0.435. The molecule has 6 heteroatoms. The maximum Gasteiger partial charge on any atom is 0.328 e. The van der Waals surface area contributed by atoms with Crippen LogP contribution in [0, 0.1) is 5.92 Å². The van der Waals surface area contributed by atoms with Crippen molar-refractivity contribution in [2.24, 2.45) is 20.0 Å². The highest BCUT2D eigenvalue weighted by Crippen LogP contribution is 2.20. The summed E-state index contributed by atoms with van der Waals surface area (Å²) in [6.45, 7) is 3.52. The first-order valence-electron chi connectivity index (χ1n) is 10.1. The van der Waals surface area contributed by atoms with Crippen molar-refractivity contribution in [3.8, 4) is 5.75 Å². The molecule has 2 aromatic carbocycles. The quantitative estimate of drug-likeness (QED) is 0.614. The van der Waals surface area contributed by atoms with E-state index in [4.69, 9.17) is 14.2 Å². The van der Waals surface area contributed by atoms with E-state index in [-0.39, 0.29) is 5.69 Å². The number of ether oxygens (including phenoxy) is 3. The zero-order chi connectivity index (χ0) is 20.2. The Morgan fingerprint density at radius 1 is 0.966 bits per heavy atom. The van der Waals surface area contributed by atoms with Crippen molar-refractivity contribution >= 4 is 11.0 Å². The number of nitrogens with zero attached hydrogens (tertiary/aromatic N) is 2. The van der Waals surface area contributed by atoms with Crippen LogP contribution in [0.1, 0.15) is 24.0 Å². The minimum absolute atomic E-state index is 0.0217. The third-order valence-corrected chi connectivity index (χ3v) is 5.60. The van der Waals surface area contributed by atoms with E-state index in [1.54, 1.807) is 23.2 Å². The molecule has 154 valence electrons. The van der Waals surface area contributed by atoms with E-state index >= 15 is 0 Å². The van der Waals surface area contributed by atoms with Gasteiger partial charge in [0.2, 0.25) is 0 Å². The average Bonchev–Trinajstić information content (AvgIpc) is 2.97. The fourth-order valence-corrected chi connectivity index (χ4v) is 3.79. The Bertz CT molecular complexity index is 1030. The number of hydrogen-bond donors (Lipinski definition) is 0. The number of hydrogen-bond acceptors (Lipinski definition) is 4. The Kier molecular flexibility index (Phi) is 6.02. The second-order valence-corrected chi connectivity index (χ2v) is 7.73. The van der Waals surface area contributed by atoms with Gasteiger partial charge in [0.05, 0.1) is 24.2 Å². The van der Waals surface area contributed by atoms with Gasteiger partial charge in [0, 0.05) is 27.3 Å². The number of rotatable bonds is 7. The van der Waals surface area contributed by atoms with Crippen LogP contribution in [0.5, 0.6) is 5.75 Å². The molecule has 6 nitrogen and oxygen atoms in total. The van der Waals surface area contributed by atoms with E-state index in [1.165, 1.54) is 0 Å². The second-order valence-electron chi connectivity index (χ2n) is 7.73. The Morgan fingerprint density at radius 3 is 2.55 bits per heavy atom. The molecule has 0 amide bonds. The van der Waals surface area contributed by atoms with E-state index in [0.29, 0.717) is 19.1 Å². The molecular formula is C23H28N2O4. The van der Waals surface area contributed by atoms with Crippen molar-refractivity contribution in [2.75, 3.05) is 19.8 Å². The second kappa shape index (κ2) is 8.84. The summed E-state index contributed by atoms with van der Waals surface area (Å²) in [7, 11) is 3.58. The zero-order valence-electron chi connectivity index (χ0n) is 17.1. The van der Waals surface area contributed by atoms with Crippen LogP contribution >= 0.6 is 0 Å². The largest absolute Gasteiger partial charge is 0.489 e. The lowest BCUT2D eigenvalue weighted by molar-refractivity contribution is 0.0157. The lowest BCUT2D eigenvalue weighted by atomic mass is 10.0. The van der Waals surface area contributed by atoms with Gasteiger partial charge < -0.3 is 14.2 Å².